The van der Waals surface area contributed by atoms with Gasteiger partial charge in [0.1, 0.15) is 10.9 Å². The molecule has 0 fully saturated rings. The molecule has 18 heavy (non-hydrogen) atoms. The molecule has 1 heterocycles. The lowest BCUT2D eigenvalue weighted by atomic mass is 10.2. The van der Waals surface area contributed by atoms with Crippen LogP contribution in [0.15, 0.2) is 41.6 Å². The largest absolute Gasteiger partial charge is 0.384 e. The SMILES string of the molecule is N=C(N)c1ccnnc1SCc1ccccc1Cl. The van der Waals surface area contributed by atoms with Crippen LogP contribution in [0.4, 0.5) is 0 Å². The minimum atomic E-state index is -0.00782. The van der Waals surface area contributed by atoms with Gasteiger partial charge in [0.05, 0.1) is 11.8 Å². The van der Waals surface area contributed by atoms with Gasteiger partial charge in [-0.05, 0) is 17.7 Å². The first-order chi connectivity index (χ1) is 8.68. The average molecular weight is 279 g/mol. The van der Waals surface area contributed by atoms with E-state index >= 15 is 0 Å². The summed E-state index contributed by atoms with van der Waals surface area (Å²) >= 11 is 7.54. The first kappa shape index (κ1) is 12.9. The number of aromatic nitrogens is 2. The highest BCUT2D eigenvalue weighted by molar-refractivity contribution is 7.98. The highest BCUT2D eigenvalue weighted by atomic mass is 35.5. The molecule has 0 saturated carbocycles. The number of benzene rings is 1. The minimum absolute atomic E-state index is 0.00782. The van der Waals surface area contributed by atoms with E-state index in [1.165, 1.54) is 18.0 Å². The van der Waals surface area contributed by atoms with Crippen LogP contribution in [0, 0.1) is 5.41 Å². The van der Waals surface area contributed by atoms with E-state index in [9.17, 15) is 0 Å². The molecule has 92 valence electrons. The summed E-state index contributed by atoms with van der Waals surface area (Å²) < 4.78 is 0. The summed E-state index contributed by atoms with van der Waals surface area (Å²) in [5.74, 6) is 0.658. The van der Waals surface area contributed by atoms with Crippen molar-refractivity contribution in [3.8, 4) is 0 Å². The van der Waals surface area contributed by atoms with E-state index in [0.717, 1.165) is 10.6 Å². The van der Waals surface area contributed by atoms with Crippen LogP contribution >= 0.6 is 23.4 Å². The lowest BCUT2D eigenvalue weighted by Gasteiger charge is -2.06. The summed E-state index contributed by atoms with van der Waals surface area (Å²) in [6.45, 7) is 0. The van der Waals surface area contributed by atoms with E-state index in [0.29, 0.717) is 16.3 Å². The van der Waals surface area contributed by atoms with Crippen molar-refractivity contribution in [2.24, 2.45) is 5.73 Å². The molecule has 0 radical (unpaired) electrons. The van der Waals surface area contributed by atoms with Crippen LogP contribution in [-0.2, 0) is 5.75 Å². The van der Waals surface area contributed by atoms with Gasteiger partial charge in [0.15, 0.2) is 0 Å². The standard InChI is InChI=1S/C12H11ClN4S/c13-10-4-2-1-3-8(10)7-18-12-9(11(14)15)5-6-16-17-12/h1-6H,7H2,(H3,14,15). The van der Waals surface area contributed by atoms with Gasteiger partial charge in [0.25, 0.3) is 0 Å². The van der Waals surface area contributed by atoms with Crippen LogP contribution < -0.4 is 5.73 Å². The molecule has 0 unspecified atom stereocenters. The maximum atomic E-state index is 7.47. The Hall–Kier alpha value is -1.59. The van der Waals surface area contributed by atoms with Gasteiger partial charge >= 0.3 is 0 Å². The first-order valence-corrected chi connectivity index (χ1v) is 6.57. The number of nitrogen functional groups attached to an aromatic ring is 1. The second-order valence-corrected chi connectivity index (χ2v) is 4.92. The van der Waals surface area contributed by atoms with Crippen molar-refractivity contribution in [2.45, 2.75) is 10.8 Å². The Morgan fingerprint density at radius 3 is 2.83 bits per heavy atom. The smallest absolute Gasteiger partial charge is 0.130 e. The predicted octanol–water partition coefficient (Wildman–Crippen LogP) is 2.71. The zero-order chi connectivity index (χ0) is 13.0. The fraction of sp³-hybridized carbons (Fsp3) is 0.0833. The number of nitrogens with two attached hydrogens (primary N) is 1. The van der Waals surface area contributed by atoms with Crippen LogP contribution in [0.3, 0.4) is 0 Å². The summed E-state index contributed by atoms with van der Waals surface area (Å²) in [7, 11) is 0. The molecule has 0 amide bonds. The van der Waals surface area contributed by atoms with Gasteiger partial charge in [-0.15, -0.1) is 5.10 Å². The Morgan fingerprint density at radius 2 is 2.11 bits per heavy atom. The number of rotatable bonds is 4. The van der Waals surface area contributed by atoms with Crippen molar-refractivity contribution in [3.63, 3.8) is 0 Å². The van der Waals surface area contributed by atoms with Crippen molar-refractivity contribution >= 4 is 29.2 Å². The molecule has 0 aliphatic heterocycles. The van der Waals surface area contributed by atoms with Crippen molar-refractivity contribution in [1.29, 1.82) is 5.41 Å². The van der Waals surface area contributed by atoms with Gasteiger partial charge in [0, 0.05) is 10.8 Å². The molecule has 2 rings (SSSR count). The summed E-state index contributed by atoms with van der Waals surface area (Å²) in [6.07, 6.45) is 1.52. The fourth-order valence-electron chi connectivity index (χ4n) is 1.39. The molecule has 0 bridgehead atoms. The molecule has 0 atom stereocenters. The average Bonchev–Trinajstić information content (AvgIpc) is 2.38. The molecule has 3 N–H and O–H groups in total. The Balaban J connectivity index is 2.16. The second kappa shape index (κ2) is 5.84. The van der Waals surface area contributed by atoms with E-state index in [-0.39, 0.29) is 5.84 Å². The minimum Gasteiger partial charge on any atom is -0.384 e. The Kier molecular flexibility index (Phi) is 4.17. The third kappa shape index (κ3) is 3.00. The number of halogens is 1. The van der Waals surface area contributed by atoms with Crippen molar-refractivity contribution in [1.82, 2.24) is 10.2 Å². The van der Waals surface area contributed by atoms with Gasteiger partial charge in [0.2, 0.25) is 0 Å². The van der Waals surface area contributed by atoms with Gasteiger partial charge in [-0.3, -0.25) is 5.41 Å². The summed E-state index contributed by atoms with van der Waals surface area (Å²) in [5, 5.41) is 16.6. The maximum Gasteiger partial charge on any atom is 0.130 e. The molecule has 1 aromatic carbocycles. The van der Waals surface area contributed by atoms with Crippen molar-refractivity contribution < 1.29 is 0 Å². The zero-order valence-electron chi connectivity index (χ0n) is 9.43. The molecule has 6 heteroatoms. The molecule has 0 saturated heterocycles. The number of amidine groups is 1. The third-order valence-electron chi connectivity index (χ3n) is 2.30. The van der Waals surface area contributed by atoms with Gasteiger partial charge in [-0.2, -0.15) is 5.10 Å². The topological polar surface area (TPSA) is 75.7 Å². The monoisotopic (exact) mass is 278 g/mol. The summed E-state index contributed by atoms with van der Waals surface area (Å²) in [5.41, 5.74) is 7.11. The van der Waals surface area contributed by atoms with E-state index in [1.54, 1.807) is 6.07 Å². The Labute approximate surface area is 114 Å². The molecular formula is C12H11ClN4S. The molecule has 0 aliphatic carbocycles. The molecular weight excluding hydrogens is 268 g/mol. The van der Waals surface area contributed by atoms with Crippen LogP contribution in [0.5, 0.6) is 0 Å². The van der Waals surface area contributed by atoms with Crippen molar-refractivity contribution in [2.75, 3.05) is 0 Å². The van der Waals surface area contributed by atoms with Crippen LogP contribution in [0.2, 0.25) is 5.02 Å². The second-order valence-electron chi connectivity index (χ2n) is 3.54. The predicted molar refractivity (Wildman–Crippen MR) is 74.1 cm³/mol. The third-order valence-corrected chi connectivity index (χ3v) is 3.70. The number of nitrogens with zero attached hydrogens (tertiary/aromatic N) is 2. The Bertz CT molecular complexity index is 574. The van der Waals surface area contributed by atoms with Gasteiger partial charge in [-0.25, -0.2) is 0 Å². The maximum absolute atomic E-state index is 7.47. The lowest BCUT2D eigenvalue weighted by Crippen LogP contribution is -2.13. The van der Waals surface area contributed by atoms with E-state index in [4.69, 9.17) is 22.7 Å². The molecule has 4 nitrogen and oxygen atoms in total. The highest BCUT2D eigenvalue weighted by Gasteiger charge is 2.08. The quantitative estimate of drug-likeness (QED) is 0.512. The molecule has 2 aromatic rings. The van der Waals surface area contributed by atoms with E-state index in [1.807, 2.05) is 24.3 Å². The molecule has 0 spiro atoms. The number of thioether (sulfide) groups is 1. The lowest BCUT2D eigenvalue weighted by molar-refractivity contribution is 0.920. The number of nitrogens with one attached hydrogen (secondary N) is 1. The van der Waals surface area contributed by atoms with Crippen LogP contribution in [0.25, 0.3) is 0 Å². The Morgan fingerprint density at radius 1 is 1.33 bits per heavy atom. The first-order valence-electron chi connectivity index (χ1n) is 5.21. The normalized spacial score (nSPS) is 10.3. The zero-order valence-corrected chi connectivity index (χ0v) is 11.0. The van der Waals surface area contributed by atoms with Crippen LogP contribution in [-0.4, -0.2) is 16.0 Å². The van der Waals surface area contributed by atoms with Gasteiger partial charge < -0.3 is 5.73 Å². The fourth-order valence-corrected chi connectivity index (χ4v) is 2.66. The highest BCUT2D eigenvalue weighted by Crippen LogP contribution is 2.26. The van der Waals surface area contributed by atoms with Crippen LogP contribution in [0.1, 0.15) is 11.1 Å². The van der Waals surface area contributed by atoms with Gasteiger partial charge in [-0.1, -0.05) is 41.6 Å². The van der Waals surface area contributed by atoms with E-state index in [2.05, 4.69) is 10.2 Å². The molecule has 0 aliphatic rings. The molecule has 1 aromatic heterocycles. The van der Waals surface area contributed by atoms with Crippen molar-refractivity contribution in [3.05, 3.63) is 52.7 Å². The summed E-state index contributed by atoms with van der Waals surface area (Å²) in [6, 6.07) is 9.31. The summed E-state index contributed by atoms with van der Waals surface area (Å²) in [4.78, 5) is 0. The van der Waals surface area contributed by atoms with E-state index < -0.39 is 0 Å². The number of hydrogen-bond donors (Lipinski definition) is 2. The number of hydrogen-bond acceptors (Lipinski definition) is 4.